The fourth-order valence-corrected chi connectivity index (χ4v) is 2.56. The molecular formula is C9H10N2O2S. The first-order valence-electron chi connectivity index (χ1n) is 4.44. The van der Waals surface area contributed by atoms with Crippen molar-refractivity contribution < 1.29 is 9.90 Å². The van der Waals surface area contributed by atoms with Crippen molar-refractivity contribution in [3.8, 4) is 0 Å². The van der Waals surface area contributed by atoms with Gasteiger partial charge in [0.15, 0.2) is 5.16 Å². The maximum Gasteiger partial charge on any atom is 0.307 e. The van der Waals surface area contributed by atoms with Gasteiger partial charge >= 0.3 is 5.97 Å². The van der Waals surface area contributed by atoms with E-state index in [1.807, 2.05) is 0 Å². The minimum Gasteiger partial charge on any atom is -0.481 e. The third kappa shape index (κ3) is 1.87. The van der Waals surface area contributed by atoms with Gasteiger partial charge in [-0.25, -0.2) is 9.97 Å². The van der Waals surface area contributed by atoms with Crippen LogP contribution in [0.15, 0.2) is 23.6 Å². The number of carbonyl (C=O) groups is 1. The molecule has 14 heavy (non-hydrogen) atoms. The lowest BCUT2D eigenvalue weighted by Crippen LogP contribution is -2.35. The number of carboxylic acids is 1. The Morgan fingerprint density at radius 2 is 2.14 bits per heavy atom. The molecule has 1 aliphatic carbocycles. The van der Waals surface area contributed by atoms with Crippen LogP contribution in [0.5, 0.6) is 0 Å². The SMILES string of the molecule is O=C(O)C1CCC1Sc1ncccn1. The number of carboxylic acid groups (broad SMARTS) is 1. The fraction of sp³-hybridized carbons (Fsp3) is 0.444. The van der Waals surface area contributed by atoms with Gasteiger partial charge in [0.2, 0.25) is 0 Å². The van der Waals surface area contributed by atoms with E-state index in [1.165, 1.54) is 11.8 Å². The van der Waals surface area contributed by atoms with Crippen LogP contribution in [0, 0.1) is 5.92 Å². The van der Waals surface area contributed by atoms with E-state index in [2.05, 4.69) is 9.97 Å². The smallest absolute Gasteiger partial charge is 0.307 e. The Hall–Kier alpha value is -1.10. The van der Waals surface area contributed by atoms with Crippen molar-refractivity contribution in [1.29, 1.82) is 0 Å². The number of hydrogen-bond donors (Lipinski definition) is 1. The van der Waals surface area contributed by atoms with Gasteiger partial charge in [-0.15, -0.1) is 0 Å². The van der Waals surface area contributed by atoms with Crippen molar-refractivity contribution in [2.75, 3.05) is 0 Å². The van der Waals surface area contributed by atoms with Crippen LogP contribution in [0.3, 0.4) is 0 Å². The summed E-state index contributed by atoms with van der Waals surface area (Å²) in [5, 5.41) is 9.65. The van der Waals surface area contributed by atoms with E-state index < -0.39 is 5.97 Å². The Bertz CT molecular complexity index is 331. The van der Waals surface area contributed by atoms with Crippen LogP contribution in [0.2, 0.25) is 0 Å². The Morgan fingerprint density at radius 3 is 2.64 bits per heavy atom. The molecule has 1 heterocycles. The molecule has 0 radical (unpaired) electrons. The van der Waals surface area contributed by atoms with Crippen LogP contribution >= 0.6 is 11.8 Å². The second-order valence-corrected chi connectivity index (χ2v) is 4.42. The Labute approximate surface area is 85.8 Å². The van der Waals surface area contributed by atoms with Gasteiger partial charge in [0.1, 0.15) is 0 Å². The normalized spacial score (nSPS) is 25.4. The molecule has 2 rings (SSSR count). The van der Waals surface area contributed by atoms with E-state index in [4.69, 9.17) is 5.11 Å². The summed E-state index contributed by atoms with van der Waals surface area (Å²) in [6, 6.07) is 1.75. The second kappa shape index (κ2) is 3.96. The Balaban J connectivity index is 1.96. The molecule has 2 unspecified atom stereocenters. The molecule has 0 saturated heterocycles. The van der Waals surface area contributed by atoms with Crippen LogP contribution in [0.4, 0.5) is 0 Å². The number of aliphatic carboxylic acids is 1. The third-order valence-corrected chi connectivity index (χ3v) is 3.62. The van der Waals surface area contributed by atoms with Crippen LogP contribution in [-0.4, -0.2) is 26.3 Å². The number of aromatic nitrogens is 2. The van der Waals surface area contributed by atoms with Gasteiger partial charge in [-0.05, 0) is 18.9 Å². The van der Waals surface area contributed by atoms with Gasteiger partial charge in [-0.2, -0.15) is 0 Å². The molecule has 4 nitrogen and oxygen atoms in total. The average Bonchev–Trinajstić information content (AvgIpc) is 2.13. The van der Waals surface area contributed by atoms with Crippen molar-refractivity contribution in [2.45, 2.75) is 23.2 Å². The van der Waals surface area contributed by atoms with Crippen LogP contribution < -0.4 is 0 Å². The first-order chi connectivity index (χ1) is 6.77. The maximum atomic E-state index is 10.7. The molecule has 1 aliphatic rings. The van der Waals surface area contributed by atoms with Crippen molar-refractivity contribution >= 4 is 17.7 Å². The first kappa shape index (κ1) is 9.45. The molecule has 0 aromatic carbocycles. The monoisotopic (exact) mass is 210 g/mol. The van der Waals surface area contributed by atoms with E-state index in [0.29, 0.717) is 5.16 Å². The zero-order chi connectivity index (χ0) is 9.97. The summed E-state index contributed by atoms with van der Waals surface area (Å²) in [6.45, 7) is 0. The molecule has 5 heteroatoms. The molecule has 1 aromatic rings. The Morgan fingerprint density at radius 1 is 1.43 bits per heavy atom. The average molecular weight is 210 g/mol. The largest absolute Gasteiger partial charge is 0.481 e. The molecule has 0 amide bonds. The lowest BCUT2D eigenvalue weighted by atomic mass is 9.85. The quantitative estimate of drug-likeness (QED) is 0.765. The van der Waals surface area contributed by atoms with E-state index >= 15 is 0 Å². The third-order valence-electron chi connectivity index (χ3n) is 2.33. The molecule has 1 saturated carbocycles. The topological polar surface area (TPSA) is 63.1 Å². The summed E-state index contributed by atoms with van der Waals surface area (Å²) >= 11 is 1.46. The number of rotatable bonds is 3. The number of thioether (sulfide) groups is 1. The Kier molecular flexibility index (Phi) is 2.67. The fourth-order valence-electron chi connectivity index (χ4n) is 1.37. The summed E-state index contributed by atoms with van der Waals surface area (Å²) in [5.41, 5.74) is 0. The lowest BCUT2D eigenvalue weighted by molar-refractivity contribution is -0.144. The van der Waals surface area contributed by atoms with Gasteiger partial charge in [-0.3, -0.25) is 4.79 Å². The zero-order valence-corrected chi connectivity index (χ0v) is 8.28. The van der Waals surface area contributed by atoms with Crippen molar-refractivity contribution in [1.82, 2.24) is 9.97 Å². The first-order valence-corrected chi connectivity index (χ1v) is 5.32. The number of nitrogens with zero attached hydrogens (tertiary/aromatic N) is 2. The molecule has 1 aromatic heterocycles. The highest BCUT2D eigenvalue weighted by molar-refractivity contribution is 7.99. The summed E-state index contributed by atoms with van der Waals surface area (Å²) in [5.74, 6) is -0.923. The summed E-state index contributed by atoms with van der Waals surface area (Å²) in [4.78, 5) is 18.8. The van der Waals surface area contributed by atoms with E-state index in [-0.39, 0.29) is 11.2 Å². The van der Waals surface area contributed by atoms with Gasteiger partial charge in [0, 0.05) is 17.6 Å². The lowest BCUT2D eigenvalue weighted by Gasteiger charge is -2.31. The van der Waals surface area contributed by atoms with E-state index in [1.54, 1.807) is 18.5 Å². The molecule has 1 fully saturated rings. The molecule has 74 valence electrons. The van der Waals surface area contributed by atoms with Crippen LogP contribution in [-0.2, 0) is 4.79 Å². The van der Waals surface area contributed by atoms with Crippen molar-refractivity contribution in [3.05, 3.63) is 18.5 Å². The summed E-state index contributed by atoms with van der Waals surface area (Å²) in [6.07, 6.45) is 5.06. The van der Waals surface area contributed by atoms with E-state index in [9.17, 15) is 4.79 Å². The van der Waals surface area contributed by atoms with Gasteiger partial charge in [-0.1, -0.05) is 11.8 Å². The predicted molar refractivity (Wildman–Crippen MR) is 52.0 cm³/mol. The highest BCUT2D eigenvalue weighted by atomic mass is 32.2. The van der Waals surface area contributed by atoms with Crippen molar-refractivity contribution in [2.24, 2.45) is 5.92 Å². The minimum atomic E-state index is -0.704. The van der Waals surface area contributed by atoms with Crippen molar-refractivity contribution in [3.63, 3.8) is 0 Å². The van der Waals surface area contributed by atoms with Crippen LogP contribution in [0.1, 0.15) is 12.8 Å². The number of hydrogen-bond acceptors (Lipinski definition) is 4. The molecule has 0 spiro atoms. The highest BCUT2D eigenvalue weighted by Crippen LogP contribution is 2.39. The maximum absolute atomic E-state index is 10.7. The van der Waals surface area contributed by atoms with Gasteiger partial charge < -0.3 is 5.11 Å². The zero-order valence-electron chi connectivity index (χ0n) is 7.46. The molecular weight excluding hydrogens is 200 g/mol. The summed E-state index contributed by atoms with van der Waals surface area (Å²) < 4.78 is 0. The molecule has 1 N–H and O–H groups in total. The predicted octanol–water partition coefficient (Wildman–Crippen LogP) is 1.43. The van der Waals surface area contributed by atoms with Crippen LogP contribution in [0.25, 0.3) is 0 Å². The standard InChI is InChI=1S/C9H10N2O2S/c12-8(13)6-2-3-7(6)14-9-10-4-1-5-11-9/h1,4-7H,2-3H2,(H,12,13). The second-order valence-electron chi connectivity index (χ2n) is 3.21. The minimum absolute atomic E-state index is 0.148. The van der Waals surface area contributed by atoms with Gasteiger partial charge in [0.25, 0.3) is 0 Å². The van der Waals surface area contributed by atoms with E-state index in [0.717, 1.165) is 12.8 Å². The molecule has 0 bridgehead atoms. The molecule has 0 aliphatic heterocycles. The summed E-state index contributed by atoms with van der Waals surface area (Å²) in [7, 11) is 0. The van der Waals surface area contributed by atoms with Gasteiger partial charge in [0.05, 0.1) is 5.92 Å². The highest BCUT2D eigenvalue weighted by Gasteiger charge is 2.37. The molecule has 2 atom stereocenters.